The van der Waals surface area contributed by atoms with Crippen molar-refractivity contribution in [3.8, 4) is 5.75 Å². The molecule has 2 aliphatic rings. The number of piperidine rings is 1. The third kappa shape index (κ3) is 4.75. The van der Waals surface area contributed by atoms with Gasteiger partial charge in [0.1, 0.15) is 5.75 Å². The summed E-state index contributed by atoms with van der Waals surface area (Å²) in [4.78, 5) is 19.5. The number of ether oxygens (including phenoxy) is 1. The molecule has 0 bridgehead atoms. The fourth-order valence-corrected chi connectivity index (χ4v) is 4.06. The molecule has 1 N–H and O–H groups in total. The lowest BCUT2D eigenvalue weighted by atomic mass is 9.80. The normalized spacial score (nSPS) is 24.8. The third-order valence-electron chi connectivity index (χ3n) is 5.42. The van der Waals surface area contributed by atoms with Gasteiger partial charge in [-0.15, -0.1) is 0 Å². The molecule has 1 amide bonds. The summed E-state index contributed by atoms with van der Waals surface area (Å²) in [6, 6.07) is 6.64. The molecule has 2 aliphatic heterocycles. The predicted molar refractivity (Wildman–Crippen MR) is 101 cm³/mol. The van der Waals surface area contributed by atoms with Gasteiger partial charge in [-0.25, -0.2) is 0 Å². The van der Waals surface area contributed by atoms with Crippen LogP contribution < -0.4 is 0 Å². The second kappa shape index (κ2) is 8.37. The van der Waals surface area contributed by atoms with Gasteiger partial charge in [0.15, 0.2) is 0 Å². The van der Waals surface area contributed by atoms with E-state index >= 15 is 0 Å². The highest BCUT2D eigenvalue weighted by molar-refractivity contribution is 5.94. The molecular formula is C20H31N3O3. The zero-order valence-corrected chi connectivity index (χ0v) is 16.0. The van der Waals surface area contributed by atoms with Crippen molar-refractivity contribution in [1.82, 2.24) is 14.7 Å². The van der Waals surface area contributed by atoms with E-state index in [0.29, 0.717) is 5.56 Å². The van der Waals surface area contributed by atoms with Gasteiger partial charge < -0.3 is 19.6 Å². The third-order valence-corrected chi connectivity index (χ3v) is 5.42. The summed E-state index contributed by atoms with van der Waals surface area (Å²) >= 11 is 0. The summed E-state index contributed by atoms with van der Waals surface area (Å²) in [7, 11) is 4.20. The van der Waals surface area contributed by atoms with Gasteiger partial charge in [0.05, 0.1) is 13.2 Å². The molecule has 2 saturated heterocycles. The average Bonchev–Trinajstić information content (AvgIpc) is 2.81. The molecule has 2 fully saturated rings. The van der Waals surface area contributed by atoms with Crippen molar-refractivity contribution >= 4 is 5.91 Å². The first-order valence-electron chi connectivity index (χ1n) is 9.51. The van der Waals surface area contributed by atoms with Crippen molar-refractivity contribution in [1.29, 1.82) is 0 Å². The van der Waals surface area contributed by atoms with Crippen LogP contribution in [0.3, 0.4) is 0 Å². The van der Waals surface area contributed by atoms with Gasteiger partial charge in [-0.1, -0.05) is 6.07 Å². The summed E-state index contributed by atoms with van der Waals surface area (Å²) in [5.41, 5.74) is 0.564. The number of benzene rings is 1. The molecule has 3 rings (SSSR count). The zero-order chi connectivity index (χ0) is 18.6. The number of nitrogens with zero attached hydrogens (tertiary/aromatic N) is 3. The van der Waals surface area contributed by atoms with Gasteiger partial charge in [-0.2, -0.15) is 0 Å². The number of amides is 1. The fraction of sp³-hybridized carbons (Fsp3) is 0.650. The van der Waals surface area contributed by atoms with E-state index in [0.717, 1.165) is 65.3 Å². The Morgan fingerprint density at radius 3 is 2.92 bits per heavy atom. The SMILES string of the molecule is CN(C)CCN1CCOCC2(CCCN(C(=O)c3cccc(O)c3)C2)C1. The molecular weight excluding hydrogens is 330 g/mol. The topological polar surface area (TPSA) is 56.2 Å². The van der Waals surface area contributed by atoms with Gasteiger partial charge in [0.25, 0.3) is 5.91 Å². The quantitative estimate of drug-likeness (QED) is 0.881. The highest BCUT2D eigenvalue weighted by Crippen LogP contribution is 2.33. The van der Waals surface area contributed by atoms with Crippen LogP contribution in [0.25, 0.3) is 0 Å². The number of carbonyl (C=O) groups is 1. The maximum atomic E-state index is 12.9. The molecule has 1 atom stereocenters. The van der Waals surface area contributed by atoms with E-state index in [1.807, 2.05) is 4.90 Å². The van der Waals surface area contributed by atoms with E-state index in [-0.39, 0.29) is 17.1 Å². The molecule has 1 unspecified atom stereocenters. The molecule has 1 aromatic carbocycles. The summed E-state index contributed by atoms with van der Waals surface area (Å²) in [6.07, 6.45) is 2.09. The summed E-state index contributed by atoms with van der Waals surface area (Å²) < 4.78 is 5.94. The van der Waals surface area contributed by atoms with E-state index in [2.05, 4.69) is 23.9 Å². The first kappa shape index (κ1) is 19.1. The number of likely N-dealkylation sites (N-methyl/N-ethyl adjacent to an activating group) is 1. The van der Waals surface area contributed by atoms with Crippen molar-refractivity contribution < 1.29 is 14.6 Å². The average molecular weight is 361 g/mol. The van der Waals surface area contributed by atoms with Crippen LogP contribution in [0.5, 0.6) is 5.75 Å². The molecule has 0 saturated carbocycles. The van der Waals surface area contributed by atoms with E-state index in [4.69, 9.17) is 4.74 Å². The lowest BCUT2D eigenvalue weighted by molar-refractivity contribution is 0.00716. The summed E-state index contributed by atoms with van der Waals surface area (Å²) in [5, 5.41) is 9.68. The number of phenolic OH excluding ortho intramolecular Hbond substituents is 1. The van der Waals surface area contributed by atoms with Gasteiger partial charge in [0.2, 0.25) is 0 Å². The summed E-state index contributed by atoms with van der Waals surface area (Å²) in [5.74, 6) is 0.138. The number of rotatable bonds is 4. The standard InChI is InChI=1S/C20H31N3O3/c1-21(2)9-10-22-11-12-26-16-20(14-22)7-4-8-23(15-20)19(25)17-5-3-6-18(24)13-17/h3,5-6,13,24H,4,7-12,14-16H2,1-2H3. The van der Waals surface area contributed by atoms with Gasteiger partial charge in [-0.3, -0.25) is 9.69 Å². The summed E-state index contributed by atoms with van der Waals surface area (Å²) in [6.45, 7) is 6.96. The van der Waals surface area contributed by atoms with Gasteiger partial charge in [0, 0.05) is 50.2 Å². The Balaban J connectivity index is 1.70. The zero-order valence-electron chi connectivity index (χ0n) is 16.0. The molecule has 6 nitrogen and oxygen atoms in total. The number of phenols is 1. The molecule has 26 heavy (non-hydrogen) atoms. The number of aromatic hydroxyl groups is 1. The Kier molecular flexibility index (Phi) is 6.16. The second-order valence-corrected chi connectivity index (χ2v) is 8.01. The van der Waals surface area contributed by atoms with Crippen molar-refractivity contribution in [2.24, 2.45) is 5.41 Å². The van der Waals surface area contributed by atoms with Crippen molar-refractivity contribution in [2.75, 3.05) is 66.6 Å². The fourth-order valence-electron chi connectivity index (χ4n) is 4.06. The lowest BCUT2D eigenvalue weighted by Crippen LogP contribution is -2.52. The van der Waals surface area contributed by atoms with Crippen LogP contribution in [-0.4, -0.2) is 92.3 Å². The minimum Gasteiger partial charge on any atom is -0.508 e. The number of hydrogen-bond donors (Lipinski definition) is 1. The minimum atomic E-state index is 0.00376. The molecule has 6 heteroatoms. The van der Waals surface area contributed by atoms with E-state index < -0.39 is 0 Å². The van der Waals surface area contributed by atoms with Crippen molar-refractivity contribution in [3.05, 3.63) is 29.8 Å². The van der Waals surface area contributed by atoms with Crippen molar-refractivity contribution in [3.63, 3.8) is 0 Å². The van der Waals surface area contributed by atoms with E-state index in [1.165, 1.54) is 0 Å². The highest BCUT2D eigenvalue weighted by atomic mass is 16.5. The predicted octanol–water partition coefficient (Wildman–Crippen LogP) is 1.51. The maximum absolute atomic E-state index is 12.9. The van der Waals surface area contributed by atoms with Crippen LogP contribution >= 0.6 is 0 Å². The second-order valence-electron chi connectivity index (χ2n) is 8.01. The molecule has 0 aromatic heterocycles. The van der Waals surface area contributed by atoms with Crippen LogP contribution in [0, 0.1) is 5.41 Å². The number of carbonyl (C=O) groups excluding carboxylic acids is 1. The van der Waals surface area contributed by atoms with E-state index in [1.54, 1.807) is 24.3 Å². The molecule has 1 aromatic rings. The smallest absolute Gasteiger partial charge is 0.254 e. The lowest BCUT2D eigenvalue weighted by Gasteiger charge is -2.43. The van der Waals surface area contributed by atoms with Crippen LogP contribution in [-0.2, 0) is 4.74 Å². The van der Waals surface area contributed by atoms with Crippen LogP contribution in [0.15, 0.2) is 24.3 Å². The Bertz CT molecular complexity index is 622. The first-order chi connectivity index (χ1) is 12.5. The Hall–Kier alpha value is -1.63. The Morgan fingerprint density at radius 1 is 1.31 bits per heavy atom. The van der Waals surface area contributed by atoms with Crippen LogP contribution in [0.4, 0.5) is 0 Å². The molecule has 1 spiro atoms. The minimum absolute atomic E-state index is 0.00376. The number of likely N-dealkylation sites (tertiary alicyclic amines) is 1. The number of hydrogen-bond acceptors (Lipinski definition) is 5. The molecule has 0 radical (unpaired) electrons. The van der Waals surface area contributed by atoms with Crippen LogP contribution in [0.2, 0.25) is 0 Å². The van der Waals surface area contributed by atoms with Gasteiger partial charge in [-0.05, 0) is 45.1 Å². The molecule has 0 aliphatic carbocycles. The Labute approximate surface area is 156 Å². The maximum Gasteiger partial charge on any atom is 0.254 e. The molecule has 2 heterocycles. The molecule has 144 valence electrons. The largest absolute Gasteiger partial charge is 0.508 e. The highest BCUT2D eigenvalue weighted by Gasteiger charge is 2.40. The Morgan fingerprint density at radius 2 is 2.15 bits per heavy atom. The first-order valence-corrected chi connectivity index (χ1v) is 9.51. The van der Waals surface area contributed by atoms with Crippen molar-refractivity contribution in [2.45, 2.75) is 12.8 Å². The monoisotopic (exact) mass is 361 g/mol. The van der Waals surface area contributed by atoms with Crippen LogP contribution in [0.1, 0.15) is 23.2 Å². The van der Waals surface area contributed by atoms with Gasteiger partial charge >= 0.3 is 0 Å². The van der Waals surface area contributed by atoms with E-state index in [9.17, 15) is 9.90 Å².